The summed E-state index contributed by atoms with van der Waals surface area (Å²) in [6, 6.07) is 3.92. The molecule has 1 fully saturated rings. The lowest BCUT2D eigenvalue weighted by molar-refractivity contribution is 0.178. The predicted octanol–water partition coefficient (Wildman–Crippen LogP) is 2.29. The van der Waals surface area contributed by atoms with Crippen molar-refractivity contribution < 1.29 is 9.84 Å². The fraction of sp³-hybridized carbons (Fsp3) is 0.500. The molecular formula is C12H16BrNO2. The van der Waals surface area contributed by atoms with Gasteiger partial charge in [-0.1, -0.05) is 0 Å². The third-order valence-corrected chi connectivity index (χ3v) is 3.20. The Kier molecular flexibility index (Phi) is 3.52. The smallest absolute Gasteiger partial charge is 0.139 e. The number of ether oxygens (including phenoxy) is 1. The second-order valence-electron chi connectivity index (χ2n) is 4.23. The number of nitrogens with two attached hydrogens (primary N) is 1. The molecule has 3 nitrogen and oxygen atoms in total. The van der Waals surface area contributed by atoms with Crippen molar-refractivity contribution in [2.75, 3.05) is 6.54 Å². The van der Waals surface area contributed by atoms with Crippen molar-refractivity contribution in [3.63, 3.8) is 0 Å². The predicted molar refractivity (Wildman–Crippen MR) is 66.5 cm³/mol. The van der Waals surface area contributed by atoms with Gasteiger partial charge in [-0.05, 0) is 53.4 Å². The van der Waals surface area contributed by atoms with Crippen LogP contribution in [-0.2, 0) is 0 Å². The number of hydrogen-bond donors (Lipinski definition) is 2. The third-order valence-electron chi connectivity index (χ3n) is 2.61. The van der Waals surface area contributed by atoms with E-state index >= 15 is 0 Å². The van der Waals surface area contributed by atoms with Crippen LogP contribution in [0.15, 0.2) is 16.6 Å². The Morgan fingerprint density at radius 1 is 1.56 bits per heavy atom. The van der Waals surface area contributed by atoms with Gasteiger partial charge in [0.25, 0.3) is 0 Å². The van der Waals surface area contributed by atoms with Crippen molar-refractivity contribution in [1.29, 1.82) is 0 Å². The SMILES string of the molecule is Cc1cc(Br)c(OC2CC2)c(C(O)CN)c1. The fourth-order valence-corrected chi connectivity index (χ4v) is 2.29. The van der Waals surface area contributed by atoms with E-state index in [1.165, 1.54) is 0 Å². The number of aliphatic hydroxyl groups is 1. The van der Waals surface area contributed by atoms with Gasteiger partial charge < -0.3 is 15.6 Å². The van der Waals surface area contributed by atoms with Crippen molar-refractivity contribution in [2.45, 2.75) is 32.0 Å². The highest BCUT2D eigenvalue weighted by Crippen LogP contribution is 2.38. The van der Waals surface area contributed by atoms with Crippen LogP contribution in [0.25, 0.3) is 0 Å². The van der Waals surface area contributed by atoms with Crippen LogP contribution in [0.3, 0.4) is 0 Å². The first-order valence-corrected chi connectivity index (χ1v) is 6.26. The molecule has 0 saturated heterocycles. The normalized spacial score (nSPS) is 17.2. The van der Waals surface area contributed by atoms with Gasteiger partial charge in [-0.25, -0.2) is 0 Å². The van der Waals surface area contributed by atoms with Crippen LogP contribution in [0.1, 0.15) is 30.1 Å². The van der Waals surface area contributed by atoms with E-state index in [9.17, 15) is 5.11 Å². The summed E-state index contributed by atoms with van der Waals surface area (Å²) in [5.41, 5.74) is 7.36. The molecule has 0 aliphatic heterocycles. The molecule has 1 unspecified atom stereocenters. The number of benzene rings is 1. The summed E-state index contributed by atoms with van der Waals surface area (Å²) in [6.07, 6.45) is 1.84. The van der Waals surface area contributed by atoms with Crippen molar-refractivity contribution in [3.05, 3.63) is 27.7 Å². The summed E-state index contributed by atoms with van der Waals surface area (Å²) >= 11 is 3.47. The first-order chi connectivity index (χ1) is 7.61. The van der Waals surface area contributed by atoms with E-state index in [0.717, 1.165) is 34.2 Å². The Labute approximate surface area is 104 Å². The molecule has 2 rings (SSSR count). The molecular weight excluding hydrogens is 270 g/mol. The third kappa shape index (κ3) is 2.56. The van der Waals surface area contributed by atoms with Gasteiger partial charge in [0.2, 0.25) is 0 Å². The molecule has 1 aliphatic rings. The van der Waals surface area contributed by atoms with Crippen molar-refractivity contribution in [1.82, 2.24) is 0 Å². The Morgan fingerprint density at radius 2 is 2.25 bits per heavy atom. The summed E-state index contributed by atoms with van der Waals surface area (Å²) in [7, 11) is 0. The largest absolute Gasteiger partial charge is 0.489 e. The van der Waals surface area contributed by atoms with Crippen LogP contribution in [0.5, 0.6) is 5.75 Å². The zero-order valence-corrected chi connectivity index (χ0v) is 10.8. The molecule has 0 bridgehead atoms. The molecule has 16 heavy (non-hydrogen) atoms. The minimum atomic E-state index is -0.662. The lowest BCUT2D eigenvalue weighted by atomic mass is 10.1. The van der Waals surface area contributed by atoms with Crippen LogP contribution in [0.4, 0.5) is 0 Å². The maximum absolute atomic E-state index is 9.87. The van der Waals surface area contributed by atoms with E-state index in [1.54, 1.807) is 0 Å². The zero-order chi connectivity index (χ0) is 11.7. The lowest BCUT2D eigenvalue weighted by Gasteiger charge is -2.17. The van der Waals surface area contributed by atoms with Gasteiger partial charge in [-0.3, -0.25) is 0 Å². The molecule has 1 aliphatic carbocycles. The van der Waals surface area contributed by atoms with E-state index < -0.39 is 6.10 Å². The fourth-order valence-electron chi connectivity index (χ4n) is 1.61. The van der Waals surface area contributed by atoms with E-state index in [0.29, 0.717) is 6.10 Å². The van der Waals surface area contributed by atoms with Crippen molar-refractivity contribution in [3.8, 4) is 5.75 Å². The maximum Gasteiger partial charge on any atom is 0.139 e. The molecule has 1 aromatic carbocycles. The monoisotopic (exact) mass is 285 g/mol. The maximum atomic E-state index is 9.87. The molecule has 0 spiro atoms. The van der Waals surface area contributed by atoms with Crippen LogP contribution in [-0.4, -0.2) is 17.8 Å². The van der Waals surface area contributed by atoms with Crippen molar-refractivity contribution >= 4 is 15.9 Å². The first-order valence-electron chi connectivity index (χ1n) is 5.46. The Morgan fingerprint density at radius 3 is 2.81 bits per heavy atom. The van der Waals surface area contributed by atoms with Gasteiger partial charge in [-0.2, -0.15) is 0 Å². The highest BCUT2D eigenvalue weighted by atomic mass is 79.9. The minimum Gasteiger partial charge on any atom is -0.489 e. The Balaban J connectivity index is 2.36. The topological polar surface area (TPSA) is 55.5 Å². The first kappa shape index (κ1) is 11.9. The minimum absolute atomic E-state index is 0.205. The highest BCUT2D eigenvalue weighted by molar-refractivity contribution is 9.10. The number of hydrogen-bond acceptors (Lipinski definition) is 3. The summed E-state index contributed by atoms with van der Waals surface area (Å²) in [4.78, 5) is 0. The zero-order valence-electron chi connectivity index (χ0n) is 9.24. The molecule has 0 aromatic heterocycles. The van der Waals surface area contributed by atoms with E-state index in [4.69, 9.17) is 10.5 Å². The second-order valence-corrected chi connectivity index (χ2v) is 5.09. The summed E-state index contributed by atoms with van der Waals surface area (Å²) in [5.74, 6) is 0.742. The quantitative estimate of drug-likeness (QED) is 0.893. The molecule has 1 atom stereocenters. The number of halogens is 1. The summed E-state index contributed by atoms with van der Waals surface area (Å²) in [6.45, 7) is 2.19. The van der Waals surface area contributed by atoms with Gasteiger partial charge in [0.05, 0.1) is 16.7 Å². The molecule has 0 radical (unpaired) electrons. The van der Waals surface area contributed by atoms with E-state index in [1.807, 2.05) is 19.1 Å². The van der Waals surface area contributed by atoms with E-state index in [2.05, 4.69) is 15.9 Å². The molecule has 4 heteroatoms. The van der Waals surface area contributed by atoms with Gasteiger partial charge in [0.1, 0.15) is 5.75 Å². The van der Waals surface area contributed by atoms with Crippen molar-refractivity contribution in [2.24, 2.45) is 5.73 Å². The summed E-state index contributed by atoms with van der Waals surface area (Å²) in [5, 5.41) is 9.87. The molecule has 1 aromatic rings. The van der Waals surface area contributed by atoms with Crippen LogP contribution < -0.4 is 10.5 Å². The lowest BCUT2D eigenvalue weighted by Crippen LogP contribution is -2.14. The number of aliphatic hydroxyl groups excluding tert-OH is 1. The van der Waals surface area contributed by atoms with Gasteiger partial charge in [0.15, 0.2) is 0 Å². The number of rotatable bonds is 4. The summed E-state index contributed by atoms with van der Waals surface area (Å²) < 4.78 is 6.69. The van der Waals surface area contributed by atoms with Crippen LogP contribution in [0, 0.1) is 6.92 Å². The second kappa shape index (κ2) is 4.73. The standard InChI is InChI=1S/C12H16BrNO2/c1-7-4-9(11(15)6-14)12(10(13)5-7)16-8-2-3-8/h4-5,8,11,15H,2-3,6,14H2,1H3. The number of aryl methyl sites for hydroxylation is 1. The molecule has 0 amide bonds. The molecule has 0 heterocycles. The highest BCUT2D eigenvalue weighted by Gasteiger charge is 2.27. The molecule has 3 N–H and O–H groups in total. The Hall–Kier alpha value is -0.580. The molecule has 1 saturated carbocycles. The average molecular weight is 286 g/mol. The Bertz CT molecular complexity index is 391. The van der Waals surface area contributed by atoms with Gasteiger partial charge >= 0.3 is 0 Å². The van der Waals surface area contributed by atoms with Crippen LogP contribution in [0.2, 0.25) is 0 Å². The van der Waals surface area contributed by atoms with Crippen LogP contribution >= 0.6 is 15.9 Å². The molecule has 88 valence electrons. The van der Waals surface area contributed by atoms with E-state index in [-0.39, 0.29) is 6.54 Å². The average Bonchev–Trinajstić information content (AvgIpc) is 3.04. The van der Waals surface area contributed by atoms with Gasteiger partial charge in [0, 0.05) is 12.1 Å². The van der Waals surface area contributed by atoms with Gasteiger partial charge in [-0.15, -0.1) is 0 Å².